The molecule has 2 heterocycles. The standard InChI is InChI=1S/C23H22ClFN4O2/c1-3-4-12-29-14(2)19(20(26-23(29)30)15-8-10-18(25)11-9-15)22-27-21(28-31-22)16-6-5-7-17(24)13-16/h5-11,13,20H,3-4,12H2,1-2H3,(H,26,30). The summed E-state index contributed by atoms with van der Waals surface area (Å²) in [4.78, 5) is 19.1. The fourth-order valence-electron chi connectivity index (χ4n) is 3.63. The van der Waals surface area contributed by atoms with Crippen LogP contribution in [0, 0.1) is 5.82 Å². The lowest BCUT2D eigenvalue weighted by Crippen LogP contribution is -2.46. The van der Waals surface area contributed by atoms with Gasteiger partial charge in [0.15, 0.2) is 0 Å². The van der Waals surface area contributed by atoms with E-state index >= 15 is 0 Å². The molecule has 0 saturated heterocycles. The minimum absolute atomic E-state index is 0.210. The number of aromatic nitrogens is 2. The van der Waals surface area contributed by atoms with Crippen LogP contribution in [0.5, 0.6) is 0 Å². The van der Waals surface area contributed by atoms with E-state index < -0.39 is 6.04 Å². The van der Waals surface area contributed by atoms with Gasteiger partial charge in [-0.05, 0) is 43.2 Å². The maximum atomic E-state index is 13.5. The van der Waals surface area contributed by atoms with E-state index in [-0.39, 0.29) is 11.8 Å². The SMILES string of the molecule is CCCCN1C(=O)NC(c2ccc(F)cc2)C(c2nc(-c3cccc(Cl)c3)no2)=C1C. The molecule has 0 fully saturated rings. The third kappa shape index (κ3) is 4.32. The molecule has 8 heteroatoms. The summed E-state index contributed by atoms with van der Waals surface area (Å²) in [5, 5.41) is 7.69. The predicted molar refractivity (Wildman–Crippen MR) is 117 cm³/mol. The van der Waals surface area contributed by atoms with Crippen LogP contribution in [-0.4, -0.2) is 27.6 Å². The van der Waals surface area contributed by atoms with Gasteiger partial charge in [0.05, 0.1) is 11.6 Å². The lowest BCUT2D eigenvalue weighted by Gasteiger charge is -2.35. The topological polar surface area (TPSA) is 71.3 Å². The lowest BCUT2D eigenvalue weighted by molar-refractivity contribution is 0.204. The molecule has 6 nitrogen and oxygen atoms in total. The molecule has 1 atom stereocenters. The molecule has 160 valence electrons. The summed E-state index contributed by atoms with van der Waals surface area (Å²) in [6, 6.07) is 12.4. The van der Waals surface area contributed by atoms with Crippen LogP contribution in [0.25, 0.3) is 17.0 Å². The van der Waals surface area contributed by atoms with Gasteiger partial charge >= 0.3 is 6.03 Å². The fourth-order valence-corrected chi connectivity index (χ4v) is 3.82. The molecule has 1 aliphatic rings. The van der Waals surface area contributed by atoms with Gasteiger partial charge in [0, 0.05) is 22.8 Å². The van der Waals surface area contributed by atoms with Crippen LogP contribution in [0.15, 0.2) is 58.8 Å². The van der Waals surface area contributed by atoms with Gasteiger partial charge in [-0.3, -0.25) is 4.90 Å². The normalized spacial score (nSPS) is 16.6. The number of halogens is 2. The van der Waals surface area contributed by atoms with Crippen LogP contribution in [0.2, 0.25) is 5.02 Å². The third-order valence-electron chi connectivity index (χ3n) is 5.27. The van der Waals surface area contributed by atoms with Crippen LogP contribution < -0.4 is 5.32 Å². The molecule has 0 radical (unpaired) electrons. The Morgan fingerprint density at radius 1 is 1.23 bits per heavy atom. The summed E-state index contributed by atoms with van der Waals surface area (Å²) in [5.41, 5.74) is 2.86. The maximum absolute atomic E-state index is 13.5. The summed E-state index contributed by atoms with van der Waals surface area (Å²) in [5.74, 6) is 0.342. The van der Waals surface area contributed by atoms with Gasteiger partial charge in [0.25, 0.3) is 5.89 Å². The molecular formula is C23H22ClFN4O2. The second kappa shape index (κ2) is 8.89. The van der Waals surface area contributed by atoms with Gasteiger partial charge in [0.2, 0.25) is 5.82 Å². The second-order valence-electron chi connectivity index (χ2n) is 7.37. The van der Waals surface area contributed by atoms with E-state index in [0.717, 1.165) is 29.7 Å². The van der Waals surface area contributed by atoms with E-state index in [9.17, 15) is 9.18 Å². The van der Waals surface area contributed by atoms with Crippen molar-refractivity contribution in [3.8, 4) is 11.4 Å². The van der Waals surface area contributed by atoms with E-state index in [4.69, 9.17) is 16.1 Å². The first-order valence-electron chi connectivity index (χ1n) is 10.1. The number of rotatable bonds is 6. The van der Waals surface area contributed by atoms with Crippen molar-refractivity contribution in [2.75, 3.05) is 6.54 Å². The van der Waals surface area contributed by atoms with Crippen LogP contribution >= 0.6 is 11.6 Å². The Morgan fingerprint density at radius 2 is 2.00 bits per heavy atom. The molecule has 4 rings (SSSR count). The highest BCUT2D eigenvalue weighted by Gasteiger charge is 2.35. The second-order valence-corrected chi connectivity index (χ2v) is 7.81. The summed E-state index contributed by atoms with van der Waals surface area (Å²) in [6.07, 6.45) is 1.81. The molecule has 0 spiro atoms. The molecular weight excluding hydrogens is 419 g/mol. The number of urea groups is 1. The highest BCUT2D eigenvalue weighted by atomic mass is 35.5. The van der Waals surface area contributed by atoms with Crippen molar-refractivity contribution in [3.05, 3.63) is 76.5 Å². The Bertz CT molecular complexity index is 1130. The van der Waals surface area contributed by atoms with Gasteiger partial charge in [-0.2, -0.15) is 4.98 Å². The number of hydrogen-bond donors (Lipinski definition) is 1. The van der Waals surface area contributed by atoms with E-state index in [1.54, 1.807) is 29.2 Å². The van der Waals surface area contributed by atoms with Gasteiger partial charge in [-0.25, -0.2) is 9.18 Å². The molecule has 2 aromatic carbocycles. The van der Waals surface area contributed by atoms with Gasteiger partial charge < -0.3 is 9.84 Å². The number of benzene rings is 2. The van der Waals surface area contributed by atoms with Gasteiger partial charge in [-0.1, -0.05) is 54.4 Å². The first kappa shape index (κ1) is 21.1. The number of hydrogen-bond acceptors (Lipinski definition) is 4. The summed E-state index contributed by atoms with van der Waals surface area (Å²) >= 11 is 6.09. The first-order valence-corrected chi connectivity index (χ1v) is 10.5. The van der Waals surface area contributed by atoms with Crippen molar-refractivity contribution in [1.29, 1.82) is 0 Å². The van der Waals surface area contributed by atoms with E-state index in [1.807, 2.05) is 19.1 Å². The van der Waals surface area contributed by atoms with Gasteiger partial charge in [0.1, 0.15) is 5.82 Å². The highest BCUT2D eigenvalue weighted by molar-refractivity contribution is 6.30. The molecule has 1 N–H and O–H groups in total. The molecule has 0 saturated carbocycles. The van der Waals surface area contributed by atoms with Crippen LogP contribution in [-0.2, 0) is 0 Å². The van der Waals surface area contributed by atoms with E-state index in [2.05, 4.69) is 22.4 Å². The number of nitrogens with zero attached hydrogens (tertiary/aromatic N) is 3. The van der Waals surface area contributed by atoms with E-state index in [1.165, 1.54) is 12.1 Å². The Labute approximate surface area is 184 Å². The first-order chi connectivity index (χ1) is 15.0. The zero-order valence-electron chi connectivity index (χ0n) is 17.2. The predicted octanol–water partition coefficient (Wildman–Crippen LogP) is 5.83. The number of allylic oxidation sites excluding steroid dienone is 1. The van der Waals surface area contributed by atoms with Crippen molar-refractivity contribution < 1.29 is 13.7 Å². The average Bonchev–Trinajstić information content (AvgIpc) is 3.23. The number of amides is 2. The Balaban J connectivity index is 1.80. The quantitative estimate of drug-likeness (QED) is 0.523. The monoisotopic (exact) mass is 440 g/mol. The zero-order chi connectivity index (χ0) is 22.0. The smallest absolute Gasteiger partial charge is 0.322 e. The van der Waals surface area contributed by atoms with Crippen molar-refractivity contribution in [2.24, 2.45) is 0 Å². The number of nitrogens with one attached hydrogen (secondary N) is 1. The third-order valence-corrected chi connectivity index (χ3v) is 5.51. The largest absolute Gasteiger partial charge is 0.334 e. The molecule has 0 aliphatic carbocycles. The van der Waals surface area contributed by atoms with Crippen molar-refractivity contribution in [1.82, 2.24) is 20.4 Å². The van der Waals surface area contributed by atoms with E-state index in [0.29, 0.717) is 28.9 Å². The molecule has 2 amide bonds. The average molecular weight is 441 g/mol. The number of unbranched alkanes of at least 4 members (excludes halogenated alkanes) is 1. The van der Waals surface area contributed by atoms with Gasteiger partial charge in [-0.15, -0.1) is 0 Å². The molecule has 31 heavy (non-hydrogen) atoms. The van der Waals surface area contributed by atoms with Crippen molar-refractivity contribution in [3.63, 3.8) is 0 Å². The summed E-state index contributed by atoms with van der Waals surface area (Å²) in [7, 11) is 0. The molecule has 0 bridgehead atoms. The Morgan fingerprint density at radius 3 is 2.71 bits per heavy atom. The molecule has 1 aliphatic heterocycles. The molecule has 1 aromatic heterocycles. The van der Waals surface area contributed by atoms with Crippen molar-refractivity contribution in [2.45, 2.75) is 32.7 Å². The Kier molecular flexibility index (Phi) is 6.04. The van der Waals surface area contributed by atoms with Crippen LogP contribution in [0.1, 0.15) is 44.2 Å². The summed E-state index contributed by atoms with van der Waals surface area (Å²) in [6.45, 7) is 4.50. The fraction of sp³-hybridized carbons (Fsp3) is 0.261. The number of carbonyl (C=O) groups is 1. The Hall–Kier alpha value is -3.19. The molecule has 1 unspecified atom stereocenters. The number of carbonyl (C=O) groups excluding carboxylic acids is 1. The minimum atomic E-state index is -0.543. The van der Waals surface area contributed by atoms with Crippen LogP contribution in [0.3, 0.4) is 0 Å². The maximum Gasteiger partial charge on any atom is 0.322 e. The zero-order valence-corrected chi connectivity index (χ0v) is 18.0. The molecule has 3 aromatic rings. The lowest BCUT2D eigenvalue weighted by atomic mass is 9.94. The summed E-state index contributed by atoms with van der Waals surface area (Å²) < 4.78 is 19.1. The highest BCUT2D eigenvalue weighted by Crippen LogP contribution is 2.37. The minimum Gasteiger partial charge on any atom is -0.334 e. The van der Waals surface area contributed by atoms with Crippen molar-refractivity contribution >= 4 is 23.2 Å². The van der Waals surface area contributed by atoms with Crippen LogP contribution in [0.4, 0.5) is 9.18 Å².